The number of benzene rings is 1. The van der Waals surface area contributed by atoms with Crippen LogP contribution in [0.5, 0.6) is 0 Å². The van der Waals surface area contributed by atoms with Crippen molar-refractivity contribution in [2.75, 3.05) is 7.05 Å². The zero-order chi connectivity index (χ0) is 11.4. The summed E-state index contributed by atoms with van der Waals surface area (Å²) in [6.07, 6.45) is 0.854. The van der Waals surface area contributed by atoms with Crippen molar-refractivity contribution in [1.82, 2.24) is 5.43 Å². The maximum absolute atomic E-state index is 10.2. The summed E-state index contributed by atoms with van der Waals surface area (Å²) in [5, 5.41) is 0. The Kier molecular flexibility index (Phi) is 12.9. The third-order valence-corrected chi connectivity index (χ3v) is 1.18. The van der Waals surface area contributed by atoms with E-state index < -0.39 is 0 Å². The molecule has 3 N–H and O–H groups in total. The molecule has 0 fully saturated rings. The SMILES string of the molecule is CC.CNN.Cc1cccc(C=O)c1. The molecule has 0 radical (unpaired) electrons. The molecule has 0 saturated carbocycles. The number of hydrogen-bond acceptors (Lipinski definition) is 3. The molecule has 80 valence electrons. The Labute approximate surface area is 86.3 Å². The lowest BCUT2D eigenvalue weighted by Crippen LogP contribution is -2.13. The van der Waals surface area contributed by atoms with Crippen LogP contribution in [0.25, 0.3) is 0 Å². The molecule has 14 heavy (non-hydrogen) atoms. The smallest absolute Gasteiger partial charge is 0.150 e. The number of nitrogens with two attached hydrogens (primary N) is 1. The molecule has 0 spiro atoms. The molecule has 0 aliphatic heterocycles. The topological polar surface area (TPSA) is 55.1 Å². The minimum absolute atomic E-state index is 0.745. The van der Waals surface area contributed by atoms with E-state index in [4.69, 9.17) is 0 Å². The van der Waals surface area contributed by atoms with Gasteiger partial charge in [0.15, 0.2) is 0 Å². The number of nitrogens with one attached hydrogen (secondary N) is 1. The number of aryl methyl sites for hydroxylation is 1. The van der Waals surface area contributed by atoms with Crippen molar-refractivity contribution < 1.29 is 4.79 Å². The van der Waals surface area contributed by atoms with Gasteiger partial charge in [-0.25, -0.2) is 0 Å². The van der Waals surface area contributed by atoms with Crippen molar-refractivity contribution in [3.05, 3.63) is 35.4 Å². The van der Waals surface area contributed by atoms with E-state index >= 15 is 0 Å². The average Bonchev–Trinajstić information content (AvgIpc) is 2.22. The van der Waals surface area contributed by atoms with Crippen molar-refractivity contribution in [3.63, 3.8) is 0 Å². The highest BCUT2D eigenvalue weighted by molar-refractivity contribution is 5.74. The van der Waals surface area contributed by atoms with Gasteiger partial charge in [-0.05, 0) is 20.0 Å². The molecule has 1 aromatic carbocycles. The summed E-state index contributed by atoms with van der Waals surface area (Å²) in [6, 6.07) is 7.49. The van der Waals surface area contributed by atoms with Crippen molar-refractivity contribution in [1.29, 1.82) is 0 Å². The third kappa shape index (κ3) is 8.90. The lowest BCUT2D eigenvalue weighted by Gasteiger charge is -1.89. The van der Waals surface area contributed by atoms with Gasteiger partial charge in [-0.1, -0.05) is 37.6 Å². The molecule has 0 heterocycles. The fourth-order valence-electron chi connectivity index (χ4n) is 0.743. The second-order valence-corrected chi connectivity index (χ2v) is 2.32. The van der Waals surface area contributed by atoms with E-state index in [1.807, 2.05) is 39.0 Å². The van der Waals surface area contributed by atoms with Gasteiger partial charge in [0, 0.05) is 5.56 Å². The van der Waals surface area contributed by atoms with E-state index in [2.05, 4.69) is 11.3 Å². The summed E-state index contributed by atoms with van der Waals surface area (Å²) < 4.78 is 0. The van der Waals surface area contributed by atoms with Crippen LogP contribution in [0.3, 0.4) is 0 Å². The third-order valence-electron chi connectivity index (χ3n) is 1.18. The van der Waals surface area contributed by atoms with Crippen LogP contribution in [0.1, 0.15) is 29.8 Å². The monoisotopic (exact) mass is 196 g/mol. The van der Waals surface area contributed by atoms with Crippen LogP contribution < -0.4 is 11.3 Å². The first-order valence-corrected chi connectivity index (χ1v) is 4.63. The quantitative estimate of drug-likeness (QED) is 0.410. The van der Waals surface area contributed by atoms with Gasteiger partial charge in [-0.3, -0.25) is 16.1 Å². The van der Waals surface area contributed by atoms with Gasteiger partial charge in [0.25, 0.3) is 0 Å². The highest BCUT2D eigenvalue weighted by Crippen LogP contribution is 1.99. The van der Waals surface area contributed by atoms with Gasteiger partial charge < -0.3 is 0 Å². The lowest BCUT2D eigenvalue weighted by molar-refractivity contribution is 0.112. The fraction of sp³-hybridized carbons (Fsp3) is 0.364. The molecule has 0 aliphatic rings. The van der Waals surface area contributed by atoms with Gasteiger partial charge in [-0.15, -0.1) is 0 Å². The van der Waals surface area contributed by atoms with Gasteiger partial charge in [0.2, 0.25) is 0 Å². The molecule has 3 nitrogen and oxygen atoms in total. The van der Waals surface area contributed by atoms with Crippen LogP contribution in [-0.4, -0.2) is 13.3 Å². The Morgan fingerprint density at radius 3 is 2.14 bits per heavy atom. The van der Waals surface area contributed by atoms with Gasteiger partial charge in [0.05, 0.1) is 0 Å². The maximum atomic E-state index is 10.2. The number of aldehydes is 1. The van der Waals surface area contributed by atoms with Gasteiger partial charge in [-0.2, -0.15) is 0 Å². The lowest BCUT2D eigenvalue weighted by atomic mass is 10.2. The first-order chi connectivity index (χ1) is 6.74. The molecule has 1 aromatic rings. The maximum Gasteiger partial charge on any atom is 0.150 e. The Morgan fingerprint density at radius 2 is 1.86 bits per heavy atom. The molecule has 1 rings (SSSR count). The van der Waals surface area contributed by atoms with Crippen molar-refractivity contribution >= 4 is 6.29 Å². The standard InChI is InChI=1S/C8H8O.C2H6.CH6N2/c1-7-3-2-4-8(5-7)6-9;1-2;1-3-2/h2-6H,1H3;1-2H3;3H,2H2,1H3. The molecule has 0 unspecified atom stereocenters. The Balaban J connectivity index is 0. The number of carbonyl (C=O) groups excluding carboxylic acids is 1. The molecule has 0 saturated heterocycles. The predicted octanol–water partition coefficient (Wildman–Crippen LogP) is 1.91. The second-order valence-electron chi connectivity index (χ2n) is 2.32. The number of hydrazine groups is 1. The average molecular weight is 196 g/mol. The zero-order valence-corrected chi connectivity index (χ0v) is 9.37. The summed E-state index contributed by atoms with van der Waals surface area (Å²) in [6.45, 7) is 5.97. The van der Waals surface area contributed by atoms with Gasteiger partial charge in [0.1, 0.15) is 6.29 Å². The van der Waals surface area contributed by atoms with E-state index in [0.717, 1.165) is 17.4 Å². The Bertz CT molecular complexity index is 236. The van der Waals surface area contributed by atoms with Crippen LogP contribution >= 0.6 is 0 Å². The fourth-order valence-corrected chi connectivity index (χ4v) is 0.743. The number of carbonyl (C=O) groups is 1. The van der Waals surface area contributed by atoms with Crippen molar-refractivity contribution in [2.45, 2.75) is 20.8 Å². The molecule has 0 aromatic heterocycles. The molecule has 0 atom stereocenters. The highest BCUT2D eigenvalue weighted by Gasteiger charge is 1.86. The number of rotatable bonds is 1. The predicted molar refractivity (Wildman–Crippen MR) is 61.2 cm³/mol. The van der Waals surface area contributed by atoms with Crippen LogP contribution in [0.2, 0.25) is 0 Å². The molecular weight excluding hydrogens is 176 g/mol. The van der Waals surface area contributed by atoms with E-state index in [1.54, 1.807) is 13.1 Å². The van der Waals surface area contributed by atoms with Crippen LogP contribution in [0.15, 0.2) is 24.3 Å². The molecule has 0 aliphatic carbocycles. The Morgan fingerprint density at radius 1 is 1.36 bits per heavy atom. The zero-order valence-electron chi connectivity index (χ0n) is 9.37. The second kappa shape index (κ2) is 11.8. The van der Waals surface area contributed by atoms with E-state index in [0.29, 0.717) is 0 Å². The molecule has 3 heteroatoms. The minimum Gasteiger partial charge on any atom is -0.298 e. The normalized spacial score (nSPS) is 7.50. The minimum atomic E-state index is 0.745. The highest BCUT2D eigenvalue weighted by atomic mass is 16.1. The summed E-state index contributed by atoms with van der Waals surface area (Å²) in [5.74, 6) is 4.60. The molecule has 0 bridgehead atoms. The Hall–Kier alpha value is -1.19. The van der Waals surface area contributed by atoms with Gasteiger partial charge >= 0.3 is 0 Å². The van der Waals surface area contributed by atoms with E-state index in [9.17, 15) is 4.79 Å². The number of hydrogen-bond donors (Lipinski definition) is 2. The molecule has 0 amide bonds. The van der Waals surface area contributed by atoms with Crippen LogP contribution in [-0.2, 0) is 0 Å². The van der Waals surface area contributed by atoms with Crippen LogP contribution in [0, 0.1) is 6.92 Å². The van der Waals surface area contributed by atoms with Crippen molar-refractivity contribution in [3.8, 4) is 0 Å². The van der Waals surface area contributed by atoms with Crippen LogP contribution in [0.4, 0.5) is 0 Å². The largest absolute Gasteiger partial charge is 0.298 e. The summed E-state index contributed by atoms with van der Waals surface area (Å²) >= 11 is 0. The first kappa shape index (κ1) is 15.3. The summed E-state index contributed by atoms with van der Waals surface area (Å²) in [5.41, 5.74) is 4.12. The summed E-state index contributed by atoms with van der Waals surface area (Å²) in [4.78, 5) is 10.2. The molecular formula is C11H20N2O. The summed E-state index contributed by atoms with van der Waals surface area (Å²) in [7, 11) is 1.65. The van der Waals surface area contributed by atoms with E-state index in [-0.39, 0.29) is 0 Å². The van der Waals surface area contributed by atoms with E-state index in [1.165, 1.54) is 0 Å². The van der Waals surface area contributed by atoms with Crippen molar-refractivity contribution in [2.24, 2.45) is 5.84 Å². The first-order valence-electron chi connectivity index (χ1n) is 4.63.